The summed E-state index contributed by atoms with van der Waals surface area (Å²) in [6.07, 6.45) is -2.41. The molecule has 2 atom stereocenters. The fourth-order valence-electron chi connectivity index (χ4n) is 5.71. The average Bonchev–Trinajstić information content (AvgIpc) is 3.44. The fraction of sp³-hybridized carbons (Fsp3) is 0.393. The fourth-order valence-corrected chi connectivity index (χ4v) is 5.71. The molecule has 4 N–H and O–H groups in total. The predicted octanol–water partition coefficient (Wildman–Crippen LogP) is 3.25. The molecule has 4 heterocycles. The van der Waals surface area contributed by atoms with E-state index in [-0.39, 0.29) is 35.7 Å². The van der Waals surface area contributed by atoms with Crippen molar-refractivity contribution >= 4 is 29.0 Å². The second kappa shape index (κ2) is 11.5. The van der Waals surface area contributed by atoms with Crippen LogP contribution in [0.15, 0.2) is 43.0 Å². The molecule has 0 spiro atoms. The first-order valence-corrected chi connectivity index (χ1v) is 14.0. The molecule has 4 aromatic rings. The summed E-state index contributed by atoms with van der Waals surface area (Å²) in [5.41, 5.74) is 0.0792. The molecule has 1 aromatic carbocycles. The molecule has 44 heavy (non-hydrogen) atoms. The molecule has 2 aliphatic rings. The number of nitrogens with one attached hydrogen (secondary N) is 4. The molecule has 0 bridgehead atoms. The first-order chi connectivity index (χ1) is 21.0. The SMILES string of the molecule is CCc1cc(Nc2nccn3c(-c4cn(CC(F)F)nc4C(F)(F)F)cnc23)ccc1C(=O)NCC(=O)NC1C2CNCC21. The summed E-state index contributed by atoms with van der Waals surface area (Å²) in [5.74, 6) is 0.501. The van der Waals surface area contributed by atoms with Crippen molar-refractivity contribution in [2.24, 2.45) is 11.8 Å². The molecule has 6 rings (SSSR count). The molecule has 16 heteroatoms. The van der Waals surface area contributed by atoms with Crippen LogP contribution in [0.25, 0.3) is 16.9 Å². The van der Waals surface area contributed by atoms with E-state index in [0.29, 0.717) is 39.8 Å². The Hall–Kier alpha value is -4.60. The van der Waals surface area contributed by atoms with Crippen LogP contribution < -0.4 is 21.3 Å². The Morgan fingerprint density at radius 2 is 1.93 bits per heavy atom. The second-order valence-corrected chi connectivity index (χ2v) is 10.7. The van der Waals surface area contributed by atoms with Crippen molar-refractivity contribution in [1.29, 1.82) is 0 Å². The first kappa shape index (κ1) is 29.5. The Balaban J connectivity index is 1.18. The first-order valence-electron chi connectivity index (χ1n) is 14.0. The van der Waals surface area contributed by atoms with Gasteiger partial charge in [0.05, 0.1) is 24.0 Å². The highest BCUT2D eigenvalue weighted by atomic mass is 19.4. The number of piperidine rings is 1. The minimum Gasteiger partial charge on any atom is -0.351 e. The third-order valence-electron chi connectivity index (χ3n) is 7.88. The van der Waals surface area contributed by atoms with Gasteiger partial charge in [-0.15, -0.1) is 0 Å². The number of aromatic nitrogens is 5. The summed E-state index contributed by atoms with van der Waals surface area (Å²) >= 11 is 0. The smallest absolute Gasteiger partial charge is 0.351 e. The van der Waals surface area contributed by atoms with Crippen molar-refractivity contribution in [3.63, 3.8) is 0 Å². The predicted molar refractivity (Wildman–Crippen MR) is 148 cm³/mol. The molecule has 1 aliphatic heterocycles. The van der Waals surface area contributed by atoms with Gasteiger partial charge < -0.3 is 21.3 Å². The largest absolute Gasteiger partial charge is 0.435 e. The van der Waals surface area contributed by atoms with Crippen LogP contribution >= 0.6 is 0 Å². The highest BCUT2D eigenvalue weighted by molar-refractivity contribution is 5.98. The standard InChI is InChI=1S/C28H28F5N9O2/c1-2-14-7-15(3-4-16(14)27(44)37-11-22(43)39-23-17-8-34-9-18(17)23)38-25-26-36-10-20(42(26)6-5-35-25)19-12-41(13-21(29)30)40-24(19)28(31,32)33/h3-7,10,12,17-18,21,23,34H,2,8-9,11,13H2,1H3,(H,35,38)(H,37,44)(H,39,43). The molecule has 2 fully saturated rings. The summed E-state index contributed by atoms with van der Waals surface area (Å²) in [4.78, 5) is 33.7. The molecule has 1 aliphatic carbocycles. The summed E-state index contributed by atoms with van der Waals surface area (Å²) in [6.45, 7) is 2.52. The number of alkyl halides is 5. The third kappa shape index (κ3) is 5.80. The molecule has 1 saturated heterocycles. The molecular formula is C28H28F5N9O2. The van der Waals surface area contributed by atoms with Gasteiger partial charge in [-0.1, -0.05) is 6.92 Å². The molecule has 232 valence electrons. The quantitative estimate of drug-likeness (QED) is 0.201. The van der Waals surface area contributed by atoms with E-state index >= 15 is 0 Å². The Bertz CT molecular complexity index is 1710. The lowest BCUT2D eigenvalue weighted by atomic mass is 10.0. The van der Waals surface area contributed by atoms with Crippen LogP contribution in [0.4, 0.5) is 33.5 Å². The molecule has 2 amide bonds. The number of imidazole rings is 1. The number of benzene rings is 1. The number of rotatable bonds is 10. The maximum atomic E-state index is 13.7. The van der Waals surface area contributed by atoms with E-state index in [1.807, 2.05) is 6.92 Å². The van der Waals surface area contributed by atoms with Gasteiger partial charge in [-0.3, -0.25) is 18.7 Å². The maximum absolute atomic E-state index is 13.7. The lowest BCUT2D eigenvalue weighted by Crippen LogP contribution is -2.40. The Morgan fingerprint density at radius 1 is 1.16 bits per heavy atom. The number of anilines is 2. The van der Waals surface area contributed by atoms with Crippen LogP contribution in [0.3, 0.4) is 0 Å². The number of carbonyl (C=O) groups is 2. The summed E-state index contributed by atoms with van der Waals surface area (Å²) in [7, 11) is 0. The lowest BCUT2D eigenvalue weighted by molar-refractivity contribution is -0.141. The van der Waals surface area contributed by atoms with Crippen molar-refractivity contribution < 1.29 is 31.5 Å². The van der Waals surface area contributed by atoms with Gasteiger partial charge in [0.15, 0.2) is 17.2 Å². The van der Waals surface area contributed by atoms with Gasteiger partial charge in [0.2, 0.25) is 5.91 Å². The van der Waals surface area contributed by atoms with E-state index < -0.39 is 36.3 Å². The van der Waals surface area contributed by atoms with Crippen molar-refractivity contribution in [2.75, 3.05) is 25.0 Å². The number of hydrogen-bond donors (Lipinski definition) is 4. The van der Waals surface area contributed by atoms with Crippen LogP contribution in [0.5, 0.6) is 0 Å². The zero-order chi connectivity index (χ0) is 31.2. The zero-order valence-electron chi connectivity index (χ0n) is 23.3. The van der Waals surface area contributed by atoms with Crippen molar-refractivity contribution in [3.05, 3.63) is 59.8 Å². The number of carbonyl (C=O) groups excluding carboxylic acids is 2. The topological polar surface area (TPSA) is 130 Å². The summed E-state index contributed by atoms with van der Waals surface area (Å²) in [6, 6.07) is 5.14. The van der Waals surface area contributed by atoms with Crippen molar-refractivity contribution in [3.8, 4) is 11.3 Å². The van der Waals surface area contributed by atoms with Crippen LogP contribution in [0, 0.1) is 11.8 Å². The van der Waals surface area contributed by atoms with Gasteiger partial charge in [-0.2, -0.15) is 18.3 Å². The van der Waals surface area contributed by atoms with E-state index in [1.165, 1.54) is 23.0 Å². The number of fused-ring (bicyclic) bond motifs is 2. The van der Waals surface area contributed by atoms with E-state index in [2.05, 4.69) is 36.3 Å². The van der Waals surface area contributed by atoms with Gasteiger partial charge in [0, 0.05) is 49.0 Å². The minimum absolute atomic E-state index is 0.00912. The highest BCUT2D eigenvalue weighted by Crippen LogP contribution is 2.41. The van der Waals surface area contributed by atoms with Gasteiger partial charge in [0.25, 0.3) is 12.3 Å². The Labute approximate surface area is 247 Å². The number of aryl methyl sites for hydroxylation is 1. The molecule has 0 radical (unpaired) electrons. The van der Waals surface area contributed by atoms with Crippen LogP contribution in [-0.4, -0.2) is 68.1 Å². The molecule has 2 unspecified atom stereocenters. The monoisotopic (exact) mass is 617 g/mol. The highest BCUT2D eigenvalue weighted by Gasteiger charge is 2.53. The van der Waals surface area contributed by atoms with Gasteiger partial charge in [-0.25, -0.2) is 18.7 Å². The Kier molecular flexibility index (Phi) is 7.69. The molecular weight excluding hydrogens is 589 g/mol. The van der Waals surface area contributed by atoms with E-state index in [4.69, 9.17) is 0 Å². The van der Waals surface area contributed by atoms with Gasteiger partial charge >= 0.3 is 6.18 Å². The van der Waals surface area contributed by atoms with E-state index in [0.717, 1.165) is 19.3 Å². The normalized spacial score (nSPS) is 19.3. The average molecular weight is 618 g/mol. The van der Waals surface area contributed by atoms with E-state index in [9.17, 15) is 31.5 Å². The summed E-state index contributed by atoms with van der Waals surface area (Å²) in [5, 5.41) is 15.3. The Morgan fingerprint density at radius 3 is 2.64 bits per heavy atom. The summed E-state index contributed by atoms with van der Waals surface area (Å²) < 4.78 is 68.9. The zero-order valence-corrected chi connectivity index (χ0v) is 23.3. The number of amides is 2. The minimum atomic E-state index is -4.89. The number of nitrogens with zero attached hydrogens (tertiary/aromatic N) is 5. The third-order valence-corrected chi connectivity index (χ3v) is 7.88. The maximum Gasteiger partial charge on any atom is 0.435 e. The van der Waals surface area contributed by atoms with Gasteiger partial charge in [-0.05, 0) is 42.0 Å². The van der Waals surface area contributed by atoms with Crippen molar-refractivity contribution in [1.82, 2.24) is 40.1 Å². The molecule has 11 nitrogen and oxygen atoms in total. The van der Waals surface area contributed by atoms with Crippen LogP contribution in [0.2, 0.25) is 0 Å². The van der Waals surface area contributed by atoms with Gasteiger partial charge in [0.1, 0.15) is 6.54 Å². The number of hydrogen-bond acceptors (Lipinski definition) is 7. The van der Waals surface area contributed by atoms with Crippen LogP contribution in [-0.2, 0) is 23.9 Å². The lowest BCUT2D eigenvalue weighted by Gasteiger charge is -2.13. The van der Waals surface area contributed by atoms with Crippen molar-refractivity contribution in [2.45, 2.75) is 38.5 Å². The molecule has 3 aromatic heterocycles. The molecule has 1 saturated carbocycles. The van der Waals surface area contributed by atoms with Crippen LogP contribution in [0.1, 0.15) is 28.5 Å². The second-order valence-electron chi connectivity index (χ2n) is 10.7. The van der Waals surface area contributed by atoms with E-state index in [1.54, 1.807) is 18.2 Å². The number of halogens is 5.